The van der Waals surface area contributed by atoms with Gasteiger partial charge in [-0.3, -0.25) is 10.1 Å². The van der Waals surface area contributed by atoms with Crippen molar-refractivity contribution in [3.8, 4) is 0 Å². The standard InChI is InChI=1S/C16H17N3O4S/c17-24(22,23)16-9-14(8-15(10-16)19(20)21)18-13-6-5-11-3-1-2-4-12(11)7-13/h1-4,8-10,13,18H,5-7H2,(H2,17,22,23). The first kappa shape index (κ1) is 16.4. The molecular formula is C16H17N3O4S. The van der Waals surface area contributed by atoms with Gasteiger partial charge in [-0.25, -0.2) is 13.6 Å². The molecule has 3 N–H and O–H groups in total. The van der Waals surface area contributed by atoms with Gasteiger partial charge >= 0.3 is 0 Å². The minimum atomic E-state index is -4.02. The summed E-state index contributed by atoms with van der Waals surface area (Å²) in [5, 5.41) is 19.3. The van der Waals surface area contributed by atoms with Crippen LogP contribution in [-0.2, 0) is 22.9 Å². The molecule has 3 rings (SSSR count). The minimum Gasteiger partial charge on any atom is -0.382 e. The van der Waals surface area contributed by atoms with E-state index in [9.17, 15) is 18.5 Å². The Bertz CT molecular complexity index is 896. The number of primary sulfonamides is 1. The molecule has 0 saturated heterocycles. The van der Waals surface area contributed by atoms with Gasteiger partial charge in [0.15, 0.2) is 0 Å². The monoisotopic (exact) mass is 347 g/mol. The summed E-state index contributed by atoms with van der Waals surface area (Å²) in [4.78, 5) is 10.1. The summed E-state index contributed by atoms with van der Waals surface area (Å²) in [6.07, 6.45) is 2.55. The third kappa shape index (κ3) is 3.55. The molecule has 0 amide bonds. The summed E-state index contributed by atoms with van der Waals surface area (Å²) in [6.45, 7) is 0. The Morgan fingerprint density at radius 2 is 1.88 bits per heavy atom. The molecule has 1 aliphatic rings. The van der Waals surface area contributed by atoms with Crippen LogP contribution in [0.25, 0.3) is 0 Å². The maximum Gasteiger partial charge on any atom is 0.272 e. The molecule has 2 aromatic carbocycles. The Balaban J connectivity index is 1.88. The molecule has 0 radical (unpaired) electrons. The molecule has 8 heteroatoms. The molecule has 1 aliphatic carbocycles. The summed E-state index contributed by atoms with van der Waals surface area (Å²) in [7, 11) is -4.02. The Kier molecular flexibility index (Phi) is 4.25. The van der Waals surface area contributed by atoms with Crippen molar-refractivity contribution in [2.24, 2.45) is 5.14 Å². The normalized spacial score (nSPS) is 17.1. The van der Waals surface area contributed by atoms with Gasteiger partial charge in [-0.1, -0.05) is 24.3 Å². The Hall–Kier alpha value is -2.45. The molecule has 0 heterocycles. The van der Waals surface area contributed by atoms with E-state index < -0.39 is 14.9 Å². The molecule has 1 unspecified atom stereocenters. The molecule has 0 bridgehead atoms. The lowest BCUT2D eigenvalue weighted by atomic mass is 9.88. The fourth-order valence-electron chi connectivity index (χ4n) is 2.99. The van der Waals surface area contributed by atoms with Crippen molar-refractivity contribution < 1.29 is 13.3 Å². The van der Waals surface area contributed by atoms with E-state index in [0.717, 1.165) is 25.3 Å². The van der Waals surface area contributed by atoms with Crippen LogP contribution in [0.2, 0.25) is 0 Å². The number of nitrogens with two attached hydrogens (primary N) is 1. The zero-order valence-electron chi connectivity index (χ0n) is 12.8. The molecule has 1 atom stereocenters. The van der Waals surface area contributed by atoms with Crippen molar-refractivity contribution in [3.05, 3.63) is 63.7 Å². The highest BCUT2D eigenvalue weighted by Crippen LogP contribution is 2.27. The number of hydrogen-bond donors (Lipinski definition) is 2. The van der Waals surface area contributed by atoms with E-state index in [-0.39, 0.29) is 16.6 Å². The van der Waals surface area contributed by atoms with Crippen molar-refractivity contribution in [3.63, 3.8) is 0 Å². The smallest absolute Gasteiger partial charge is 0.272 e. The zero-order chi connectivity index (χ0) is 17.3. The number of hydrogen-bond acceptors (Lipinski definition) is 5. The van der Waals surface area contributed by atoms with Gasteiger partial charge in [0.05, 0.1) is 9.82 Å². The average Bonchev–Trinajstić information content (AvgIpc) is 2.53. The van der Waals surface area contributed by atoms with Gasteiger partial charge in [0.2, 0.25) is 10.0 Å². The second kappa shape index (κ2) is 6.21. The number of aryl methyl sites for hydroxylation is 1. The van der Waals surface area contributed by atoms with Crippen molar-refractivity contribution in [2.75, 3.05) is 5.32 Å². The van der Waals surface area contributed by atoms with E-state index in [1.807, 2.05) is 12.1 Å². The van der Waals surface area contributed by atoms with Gasteiger partial charge in [0.1, 0.15) is 0 Å². The average molecular weight is 347 g/mol. The lowest BCUT2D eigenvalue weighted by Crippen LogP contribution is -2.27. The third-order valence-corrected chi connectivity index (χ3v) is 5.04. The van der Waals surface area contributed by atoms with Gasteiger partial charge in [-0.2, -0.15) is 0 Å². The Morgan fingerprint density at radius 3 is 2.54 bits per heavy atom. The number of benzene rings is 2. The number of nitro benzene ring substituents is 1. The van der Waals surface area contributed by atoms with E-state index in [0.29, 0.717) is 5.69 Å². The number of nitrogens with zero attached hydrogens (tertiary/aromatic N) is 1. The van der Waals surface area contributed by atoms with Gasteiger partial charge < -0.3 is 5.32 Å². The highest BCUT2D eigenvalue weighted by Gasteiger charge is 2.21. The van der Waals surface area contributed by atoms with Gasteiger partial charge in [-0.05, 0) is 36.5 Å². The predicted octanol–water partition coefficient (Wildman–Crippen LogP) is 2.21. The van der Waals surface area contributed by atoms with Crippen LogP contribution in [-0.4, -0.2) is 19.4 Å². The molecule has 2 aromatic rings. The summed E-state index contributed by atoms with van der Waals surface area (Å²) in [5.74, 6) is 0. The summed E-state index contributed by atoms with van der Waals surface area (Å²) in [5.41, 5.74) is 2.62. The van der Waals surface area contributed by atoms with Crippen molar-refractivity contribution in [2.45, 2.75) is 30.2 Å². The Morgan fingerprint density at radius 1 is 1.17 bits per heavy atom. The maximum absolute atomic E-state index is 11.5. The van der Waals surface area contributed by atoms with Crippen molar-refractivity contribution >= 4 is 21.4 Å². The van der Waals surface area contributed by atoms with Crippen LogP contribution in [0.15, 0.2) is 47.4 Å². The van der Waals surface area contributed by atoms with Crippen LogP contribution in [0, 0.1) is 10.1 Å². The molecule has 24 heavy (non-hydrogen) atoms. The van der Waals surface area contributed by atoms with E-state index in [1.165, 1.54) is 23.3 Å². The lowest BCUT2D eigenvalue weighted by molar-refractivity contribution is -0.385. The number of nitrogens with one attached hydrogen (secondary N) is 1. The lowest BCUT2D eigenvalue weighted by Gasteiger charge is -2.26. The molecule has 0 aliphatic heterocycles. The van der Waals surface area contributed by atoms with Crippen LogP contribution in [0.5, 0.6) is 0 Å². The second-order valence-electron chi connectivity index (χ2n) is 5.87. The highest BCUT2D eigenvalue weighted by molar-refractivity contribution is 7.89. The molecule has 7 nitrogen and oxygen atoms in total. The second-order valence-corrected chi connectivity index (χ2v) is 7.43. The molecule has 0 fully saturated rings. The minimum absolute atomic E-state index is 0.0789. The Labute approximate surface area is 139 Å². The van der Waals surface area contributed by atoms with Crippen LogP contribution < -0.4 is 10.5 Å². The number of nitro groups is 1. The van der Waals surface area contributed by atoms with Crippen LogP contribution in [0.1, 0.15) is 17.5 Å². The molecule has 0 saturated carbocycles. The highest BCUT2D eigenvalue weighted by atomic mass is 32.2. The SMILES string of the molecule is NS(=O)(=O)c1cc(NC2CCc3ccccc3C2)cc([N+](=O)[O-])c1. The topological polar surface area (TPSA) is 115 Å². The fourth-order valence-corrected chi connectivity index (χ4v) is 3.57. The number of fused-ring (bicyclic) bond motifs is 1. The quantitative estimate of drug-likeness (QED) is 0.650. The number of sulfonamides is 1. The first-order valence-corrected chi connectivity index (χ1v) is 9.03. The van der Waals surface area contributed by atoms with Crippen molar-refractivity contribution in [1.29, 1.82) is 0 Å². The summed E-state index contributed by atoms with van der Waals surface area (Å²) in [6, 6.07) is 11.9. The maximum atomic E-state index is 11.5. The van der Waals surface area contributed by atoms with E-state index in [1.54, 1.807) is 0 Å². The van der Waals surface area contributed by atoms with E-state index in [2.05, 4.69) is 17.4 Å². The van der Waals surface area contributed by atoms with Gasteiger partial charge in [0, 0.05) is 23.9 Å². The van der Waals surface area contributed by atoms with E-state index >= 15 is 0 Å². The molecule has 0 spiro atoms. The van der Waals surface area contributed by atoms with Crippen LogP contribution in [0.4, 0.5) is 11.4 Å². The first-order chi connectivity index (χ1) is 11.3. The fraction of sp³-hybridized carbons (Fsp3) is 0.250. The number of anilines is 1. The van der Waals surface area contributed by atoms with E-state index in [4.69, 9.17) is 5.14 Å². The zero-order valence-corrected chi connectivity index (χ0v) is 13.6. The van der Waals surface area contributed by atoms with Crippen LogP contribution in [0.3, 0.4) is 0 Å². The van der Waals surface area contributed by atoms with Gasteiger partial charge in [0.25, 0.3) is 5.69 Å². The van der Waals surface area contributed by atoms with Gasteiger partial charge in [-0.15, -0.1) is 0 Å². The first-order valence-electron chi connectivity index (χ1n) is 7.48. The van der Waals surface area contributed by atoms with Crippen LogP contribution >= 0.6 is 0 Å². The van der Waals surface area contributed by atoms with Crippen molar-refractivity contribution in [1.82, 2.24) is 0 Å². The molecule has 0 aromatic heterocycles. The molecular weight excluding hydrogens is 330 g/mol. The predicted molar refractivity (Wildman–Crippen MR) is 90.3 cm³/mol. The number of rotatable bonds is 4. The number of non-ortho nitro benzene ring substituents is 1. The summed E-state index contributed by atoms with van der Waals surface area (Å²) < 4.78 is 23.1. The summed E-state index contributed by atoms with van der Waals surface area (Å²) >= 11 is 0. The molecule has 126 valence electrons. The third-order valence-electron chi connectivity index (χ3n) is 4.15. The largest absolute Gasteiger partial charge is 0.382 e.